The number of carboxylic acid groups (broad SMARTS) is 1. The molecule has 0 aliphatic heterocycles. The summed E-state index contributed by atoms with van der Waals surface area (Å²) in [5.41, 5.74) is -1.45. The van der Waals surface area contributed by atoms with Crippen LogP contribution in [0.4, 0.5) is 4.79 Å². The SMILES string of the molecule is C=CCC[C@@](C(=O)NC(C)(C)C)(C1CC(NC(=O)O)C1)N(C)C(=O)CCC. The monoisotopic (exact) mass is 381 g/mol. The summed E-state index contributed by atoms with van der Waals surface area (Å²) in [5, 5.41) is 14.5. The number of amides is 3. The van der Waals surface area contributed by atoms with E-state index in [1.165, 1.54) is 0 Å². The Morgan fingerprint density at radius 2 is 1.85 bits per heavy atom. The van der Waals surface area contributed by atoms with Gasteiger partial charge in [0.15, 0.2) is 0 Å². The average molecular weight is 382 g/mol. The summed E-state index contributed by atoms with van der Waals surface area (Å²) in [6, 6.07) is -0.187. The number of likely N-dealkylation sites (N-methyl/N-ethyl adjacent to an activating group) is 1. The van der Waals surface area contributed by atoms with Crippen LogP contribution < -0.4 is 10.6 Å². The Labute approximate surface area is 162 Å². The quantitative estimate of drug-likeness (QED) is 0.535. The highest BCUT2D eigenvalue weighted by molar-refractivity contribution is 5.92. The van der Waals surface area contributed by atoms with Crippen LogP contribution >= 0.6 is 0 Å². The molecule has 7 heteroatoms. The van der Waals surface area contributed by atoms with Gasteiger partial charge in [0, 0.05) is 25.0 Å². The van der Waals surface area contributed by atoms with Gasteiger partial charge < -0.3 is 20.6 Å². The molecule has 1 atom stereocenters. The van der Waals surface area contributed by atoms with Gasteiger partial charge in [0.25, 0.3) is 0 Å². The van der Waals surface area contributed by atoms with E-state index in [-0.39, 0.29) is 23.8 Å². The molecule has 0 aromatic heterocycles. The second kappa shape index (κ2) is 9.24. The zero-order valence-corrected chi connectivity index (χ0v) is 17.3. The van der Waals surface area contributed by atoms with E-state index in [4.69, 9.17) is 5.11 Å². The van der Waals surface area contributed by atoms with E-state index in [9.17, 15) is 14.4 Å². The molecule has 0 heterocycles. The number of rotatable bonds is 9. The third kappa shape index (κ3) is 5.71. The fourth-order valence-electron chi connectivity index (χ4n) is 3.77. The second-order valence-corrected chi connectivity index (χ2v) is 8.47. The Morgan fingerprint density at radius 1 is 1.26 bits per heavy atom. The van der Waals surface area contributed by atoms with E-state index in [2.05, 4.69) is 17.2 Å². The first kappa shape index (κ1) is 23.0. The van der Waals surface area contributed by atoms with Crippen molar-refractivity contribution < 1.29 is 19.5 Å². The molecule has 0 spiro atoms. The largest absolute Gasteiger partial charge is 0.465 e. The maximum Gasteiger partial charge on any atom is 0.404 e. The molecule has 1 rings (SSSR count). The van der Waals surface area contributed by atoms with Crippen LogP contribution in [0.15, 0.2) is 12.7 Å². The second-order valence-electron chi connectivity index (χ2n) is 8.47. The predicted molar refractivity (Wildman–Crippen MR) is 105 cm³/mol. The van der Waals surface area contributed by atoms with Crippen molar-refractivity contribution in [3.8, 4) is 0 Å². The maximum atomic E-state index is 13.4. The first-order valence-electron chi connectivity index (χ1n) is 9.67. The molecule has 0 aromatic rings. The zero-order valence-electron chi connectivity index (χ0n) is 17.3. The van der Waals surface area contributed by atoms with Gasteiger partial charge in [-0.25, -0.2) is 4.79 Å². The normalized spacial score (nSPS) is 21.4. The molecule has 27 heavy (non-hydrogen) atoms. The Balaban J connectivity index is 3.23. The van der Waals surface area contributed by atoms with Crippen molar-refractivity contribution >= 4 is 17.9 Å². The Morgan fingerprint density at radius 3 is 2.30 bits per heavy atom. The van der Waals surface area contributed by atoms with Gasteiger partial charge in [-0.05, 0) is 58.8 Å². The molecule has 3 N–H and O–H groups in total. The highest BCUT2D eigenvalue weighted by Crippen LogP contribution is 2.43. The van der Waals surface area contributed by atoms with Crippen LogP contribution in [0.2, 0.25) is 0 Å². The molecular weight excluding hydrogens is 346 g/mol. The number of hydrogen-bond acceptors (Lipinski definition) is 3. The molecular formula is C20H35N3O4. The summed E-state index contributed by atoms with van der Waals surface area (Å²) < 4.78 is 0. The molecule has 0 radical (unpaired) electrons. The number of allylic oxidation sites excluding steroid dienone is 1. The van der Waals surface area contributed by atoms with E-state index >= 15 is 0 Å². The highest BCUT2D eigenvalue weighted by atomic mass is 16.4. The van der Waals surface area contributed by atoms with Crippen molar-refractivity contribution in [1.82, 2.24) is 15.5 Å². The molecule has 1 aliphatic carbocycles. The first-order chi connectivity index (χ1) is 12.5. The minimum Gasteiger partial charge on any atom is -0.465 e. The van der Waals surface area contributed by atoms with Crippen LogP contribution in [-0.4, -0.2) is 52.1 Å². The Kier molecular flexibility index (Phi) is 7.87. The fraction of sp³-hybridized carbons (Fsp3) is 0.750. The van der Waals surface area contributed by atoms with E-state index in [1.54, 1.807) is 18.0 Å². The van der Waals surface area contributed by atoms with Crippen molar-refractivity contribution in [2.45, 2.75) is 83.3 Å². The van der Waals surface area contributed by atoms with Gasteiger partial charge in [-0.15, -0.1) is 6.58 Å². The van der Waals surface area contributed by atoms with Crippen LogP contribution in [0.3, 0.4) is 0 Å². The van der Waals surface area contributed by atoms with Gasteiger partial charge in [-0.1, -0.05) is 13.0 Å². The minimum atomic E-state index is -1.07. The summed E-state index contributed by atoms with van der Waals surface area (Å²) in [5.74, 6) is -0.356. The molecule has 1 aliphatic rings. The lowest BCUT2D eigenvalue weighted by Gasteiger charge is -2.52. The van der Waals surface area contributed by atoms with Crippen molar-refractivity contribution in [3.05, 3.63) is 12.7 Å². The Hall–Kier alpha value is -2.05. The summed E-state index contributed by atoms with van der Waals surface area (Å²) in [6.07, 6.45) is 3.89. The maximum absolute atomic E-state index is 13.4. The molecule has 0 aromatic carbocycles. The van der Waals surface area contributed by atoms with Crippen molar-refractivity contribution in [2.75, 3.05) is 7.05 Å². The van der Waals surface area contributed by atoms with Gasteiger partial charge in [0.1, 0.15) is 5.54 Å². The van der Waals surface area contributed by atoms with E-state index in [0.717, 1.165) is 0 Å². The lowest BCUT2D eigenvalue weighted by atomic mass is 9.64. The molecule has 154 valence electrons. The van der Waals surface area contributed by atoms with Crippen LogP contribution in [0.5, 0.6) is 0 Å². The molecule has 3 amide bonds. The third-order valence-electron chi connectivity index (χ3n) is 5.19. The highest BCUT2D eigenvalue weighted by Gasteiger charge is 2.54. The van der Waals surface area contributed by atoms with Crippen molar-refractivity contribution in [1.29, 1.82) is 0 Å². The topological polar surface area (TPSA) is 98.7 Å². The standard InChI is InChI=1S/C20H35N3O4/c1-7-9-11-20(17(25)22-19(3,4)5,23(6)16(24)10-8-2)14-12-15(13-14)21-18(26)27/h7,14-15,21H,1,8-13H2,2-6H3,(H,22,25)(H,26,27)/t14?,15?,20-/m0/s1. The summed E-state index contributed by atoms with van der Waals surface area (Å²) >= 11 is 0. The summed E-state index contributed by atoms with van der Waals surface area (Å²) in [4.78, 5) is 38.7. The number of carbonyl (C=O) groups is 3. The number of nitrogens with zero attached hydrogens (tertiary/aromatic N) is 1. The molecule has 0 saturated heterocycles. The van der Waals surface area contributed by atoms with Crippen LogP contribution in [-0.2, 0) is 9.59 Å². The van der Waals surface area contributed by atoms with Crippen molar-refractivity contribution in [2.24, 2.45) is 5.92 Å². The van der Waals surface area contributed by atoms with Gasteiger partial charge in [-0.3, -0.25) is 9.59 Å². The number of nitrogens with one attached hydrogen (secondary N) is 2. The molecule has 7 nitrogen and oxygen atoms in total. The van der Waals surface area contributed by atoms with Crippen LogP contribution in [0.25, 0.3) is 0 Å². The summed E-state index contributed by atoms with van der Waals surface area (Å²) in [7, 11) is 1.70. The van der Waals surface area contributed by atoms with Crippen LogP contribution in [0, 0.1) is 5.92 Å². The van der Waals surface area contributed by atoms with Crippen molar-refractivity contribution in [3.63, 3.8) is 0 Å². The van der Waals surface area contributed by atoms with E-state index in [1.807, 2.05) is 27.7 Å². The van der Waals surface area contributed by atoms with Gasteiger partial charge in [0.2, 0.25) is 11.8 Å². The predicted octanol–water partition coefficient (Wildman–Crippen LogP) is 2.91. The minimum absolute atomic E-state index is 0.0692. The van der Waals surface area contributed by atoms with Crippen LogP contribution in [0.1, 0.15) is 66.2 Å². The molecule has 1 fully saturated rings. The number of carbonyl (C=O) groups excluding carboxylic acids is 2. The molecule has 0 bridgehead atoms. The van der Waals surface area contributed by atoms with E-state index in [0.29, 0.717) is 38.5 Å². The van der Waals surface area contributed by atoms with E-state index < -0.39 is 17.2 Å². The smallest absolute Gasteiger partial charge is 0.404 e. The Bertz CT molecular complexity index is 564. The van der Waals surface area contributed by atoms with Gasteiger partial charge in [-0.2, -0.15) is 0 Å². The van der Waals surface area contributed by atoms with Gasteiger partial charge in [0.05, 0.1) is 0 Å². The fourth-order valence-corrected chi connectivity index (χ4v) is 3.77. The average Bonchev–Trinajstić information content (AvgIpc) is 2.50. The zero-order chi connectivity index (χ0) is 20.8. The molecule has 1 saturated carbocycles. The third-order valence-corrected chi connectivity index (χ3v) is 5.19. The first-order valence-corrected chi connectivity index (χ1v) is 9.67. The lowest BCUT2D eigenvalue weighted by Crippen LogP contribution is -2.69. The molecule has 0 unspecified atom stereocenters. The summed E-state index contributed by atoms with van der Waals surface area (Å²) in [6.45, 7) is 11.4. The number of hydrogen-bond donors (Lipinski definition) is 3. The van der Waals surface area contributed by atoms with Gasteiger partial charge >= 0.3 is 6.09 Å². The lowest BCUT2D eigenvalue weighted by molar-refractivity contribution is -0.155.